The lowest BCUT2D eigenvalue weighted by atomic mass is 9.91. The normalized spacial score (nSPS) is 19.3. The summed E-state index contributed by atoms with van der Waals surface area (Å²) in [5.74, 6) is 2.32. The standard InChI is InChI=1S/C14H25N3O2/c1-9(2)13-16-14(19-17-13)12(15-10(3)4)11-5-7-18-8-6-11/h9-12,15H,5-8H2,1-4H3/t12-/m1/s1. The highest BCUT2D eigenvalue weighted by molar-refractivity contribution is 4.99. The lowest BCUT2D eigenvalue weighted by molar-refractivity contribution is 0.0475. The summed E-state index contributed by atoms with van der Waals surface area (Å²) in [6.07, 6.45) is 2.09. The molecule has 5 nitrogen and oxygen atoms in total. The first-order valence-electron chi connectivity index (χ1n) is 7.25. The highest BCUT2D eigenvalue weighted by Gasteiger charge is 2.30. The maximum Gasteiger partial charge on any atom is 0.244 e. The number of hydrogen-bond acceptors (Lipinski definition) is 5. The van der Waals surface area contributed by atoms with Crippen LogP contribution in [0.2, 0.25) is 0 Å². The number of hydrogen-bond donors (Lipinski definition) is 1. The molecule has 0 aromatic carbocycles. The minimum atomic E-state index is 0.142. The Morgan fingerprint density at radius 2 is 1.84 bits per heavy atom. The molecule has 0 amide bonds. The summed E-state index contributed by atoms with van der Waals surface area (Å²) in [5, 5.41) is 7.65. The second kappa shape index (κ2) is 6.48. The van der Waals surface area contributed by atoms with Gasteiger partial charge in [-0.05, 0) is 18.8 Å². The zero-order chi connectivity index (χ0) is 13.8. The molecule has 1 aliphatic rings. The van der Waals surface area contributed by atoms with Gasteiger partial charge in [-0.15, -0.1) is 0 Å². The molecule has 1 aromatic heterocycles. The van der Waals surface area contributed by atoms with Gasteiger partial charge in [-0.2, -0.15) is 4.98 Å². The van der Waals surface area contributed by atoms with Gasteiger partial charge in [0, 0.05) is 25.2 Å². The van der Waals surface area contributed by atoms with Crippen molar-refractivity contribution in [2.45, 2.75) is 58.5 Å². The monoisotopic (exact) mass is 267 g/mol. The Morgan fingerprint density at radius 3 is 2.37 bits per heavy atom. The van der Waals surface area contributed by atoms with Crippen molar-refractivity contribution in [2.75, 3.05) is 13.2 Å². The Morgan fingerprint density at radius 1 is 1.16 bits per heavy atom. The molecule has 1 atom stereocenters. The van der Waals surface area contributed by atoms with Crippen LogP contribution in [-0.2, 0) is 4.74 Å². The maximum absolute atomic E-state index is 5.48. The number of ether oxygens (including phenoxy) is 1. The molecule has 0 aliphatic carbocycles. The summed E-state index contributed by atoms with van der Waals surface area (Å²) in [6, 6.07) is 0.533. The van der Waals surface area contributed by atoms with Crippen LogP contribution in [0.5, 0.6) is 0 Å². The van der Waals surface area contributed by atoms with Crippen molar-refractivity contribution in [2.24, 2.45) is 5.92 Å². The highest BCUT2D eigenvalue weighted by Crippen LogP contribution is 2.30. The van der Waals surface area contributed by atoms with E-state index in [1.807, 2.05) is 0 Å². The van der Waals surface area contributed by atoms with Crippen molar-refractivity contribution >= 4 is 0 Å². The molecule has 0 bridgehead atoms. The first kappa shape index (κ1) is 14.5. The molecule has 5 heteroatoms. The van der Waals surface area contributed by atoms with E-state index in [9.17, 15) is 0 Å². The smallest absolute Gasteiger partial charge is 0.244 e. The van der Waals surface area contributed by atoms with E-state index < -0.39 is 0 Å². The lowest BCUT2D eigenvalue weighted by Gasteiger charge is -2.30. The Balaban J connectivity index is 2.15. The molecule has 1 N–H and O–H groups in total. The van der Waals surface area contributed by atoms with Gasteiger partial charge in [0.2, 0.25) is 5.89 Å². The summed E-state index contributed by atoms with van der Waals surface area (Å²) in [7, 11) is 0. The fraction of sp³-hybridized carbons (Fsp3) is 0.857. The van der Waals surface area contributed by atoms with E-state index in [0.717, 1.165) is 37.8 Å². The van der Waals surface area contributed by atoms with Gasteiger partial charge in [-0.1, -0.05) is 32.9 Å². The Bertz CT molecular complexity index is 384. The molecule has 2 rings (SSSR count). The summed E-state index contributed by atoms with van der Waals surface area (Å²) >= 11 is 0. The summed E-state index contributed by atoms with van der Waals surface area (Å²) in [4.78, 5) is 4.56. The lowest BCUT2D eigenvalue weighted by Crippen LogP contribution is -2.36. The summed E-state index contributed by atoms with van der Waals surface area (Å²) in [5.41, 5.74) is 0. The average molecular weight is 267 g/mol. The van der Waals surface area contributed by atoms with E-state index in [1.54, 1.807) is 0 Å². The van der Waals surface area contributed by atoms with Crippen molar-refractivity contribution in [1.82, 2.24) is 15.5 Å². The van der Waals surface area contributed by atoms with Gasteiger partial charge in [-0.3, -0.25) is 0 Å². The van der Waals surface area contributed by atoms with Crippen molar-refractivity contribution in [3.05, 3.63) is 11.7 Å². The molecule has 19 heavy (non-hydrogen) atoms. The fourth-order valence-electron chi connectivity index (χ4n) is 2.43. The SMILES string of the molecule is CC(C)N[C@@H](c1nc(C(C)C)no1)C1CCOCC1. The van der Waals surface area contributed by atoms with Crippen LogP contribution in [0.4, 0.5) is 0 Å². The molecule has 0 unspecified atom stereocenters. The topological polar surface area (TPSA) is 60.2 Å². The van der Waals surface area contributed by atoms with Gasteiger partial charge in [0.15, 0.2) is 5.82 Å². The first-order chi connectivity index (χ1) is 9.08. The fourth-order valence-corrected chi connectivity index (χ4v) is 2.43. The highest BCUT2D eigenvalue weighted by atomic mass is 16.5. The van der Waals surface area contributed by atoms with Crippen molar-refractivity contribution in [3.8, 4) is 0 Å². The van der Waals surface area contributed by atoms with Crippen LogP contribution >= 0.6 is 0 Å². The van der Waals surface area contributed by atoms with Gasteiger partial charge in [0.25, 0.3) is 0 Å². The molecule has 1 saturated heterocycles. The van der Waals surface area contributed by atoms with Crippen LogP contribution in [0.1, 0.15) is 64.2 Å². The molecule has 2 heterocycles. The third kappa shape index (κ3) is 3.76. The first-order valence-corrected chi connectivity index (χ1v) is 7.25. The molecule has 1 fully saturated rings. The molecule has 0 spiro atoms. The van der Waals surface area contributed by atoms with E-state index in [2.05, 4.69) is 43.2 Å². The Kier molecular flexibility index (Phi) is 4.93. The molecule has 1 aliphatic heterocycles. The van der Waals surface area contributed by atoms with E-state index in [0.29, 0.717) is 17.9 Å². The minimum Gasteiger partial charge on any atom is -0.381 e. The second-order valence-electron chi connectivity index (χ2n) is 5.89. The van der Waals surface area contributed by atoms with Crippen molar-refractivity contribution in [3.63, 3.8) is 0 Å². The third-order valence-corrected chi connectivity index (χ3v) is 3.49. The zero-order valence-electron chi connectivity index (χ0n) is 12.3. The molecular weight excluding hydrogens is 242 g/mol. The van der Waals surface area contributed by atoms with E-state index in [-0.39, 0.29) is 6.04 Å². The number of nitrogens with zero attached hydrogens (tertiary/aromatic N) is 2. The molecule has 1 aromatic rings. The second-order valence-corrected chi connectivity index (χ2v) is 5.89. The predicted molar refractivity (Wildman–Crippen MR) is 72.9 cm³/mol. The quantitative estimate of drug-likeness (QED) is 0.888. The van der Waals surface area contributed by atoms with Crippen LogP contribution in [0.3, 0.4) is 0 Å². The van der Waals surface area contributed by atoms with Gasteiger partial charge < -0.3 is 14.6 Å². The zero-order valence-corrected chi connectivity index (χ0v) is 12.3. The van der Waals surface area contributed by atoms with Crippen molar-refractivity contribution in [1.29, 1.82) is 0 Å². The average Bonchev–Trinajstić information content (AvgIpc) is 2.86. The van der Waals surface area contributed by atoms with Gasteiger partial charge in [0.05, 0.1) is 6.04 Å². The van der Waals surface area contributed by atoms with Crippen LogP contribution in [0.15, 0.2) is 4.52 Å². The molecular formula is C14H25N3O2. The number of aromatic nitrogens is 2. The number of nitrogens with one attached hydrogen (secondary N) is 1. The minimum absolute atomic E-state index is 0.142. The van der Waals surface area contributed by atoms with Crippen LogP contribution in [0, 0.1) is 5.92 Å². The largest absolute Gasteiger partial charge is 0.381 e. The van der Waals surface area contributed by atoms with Gasteiger partial charge >= 0.3 is 0 Å². The Hall–Kier alpha value is -0.940. The number of rotatable bonds is 5. The van der Waals surface area contributed by atoms with E-state index in [1.165, 1.54) is 0 Å². The third-order valence-electron chi connectivity index (χ3n) is 3.49. The maximum atomic E-state index is 5.48. The molecule has 0 saturated carbocycles. The predicted octanol–water partition coefficient (Wildman–Crippen LogP) is 2.66. The molecule has 108 valence electrons. The Labute approximate surface area is 115 Å². The van der Waals surface area contributed by atoms with Crippen LogP contribution in [-0.4, -0.2) is 29.4 Å². The van der Waals surface area contributed by atoms with Crippen LogP contribution in [0.25, 0.3) is 0 Å². The van der Waals surface area contributed by atoms with E-state index in [4.69, 9.17) is 9.26 Å². The van der Waals surface area contributed by atoms with Gasteiger partial charge in [-0.25, -0.2) is 0 Å². The summed E-state index contributed by atoms with van der Waals surface area (Å²) < 4.78 is 10.9. The molecule has 0 radical (unpaired) electrons. The van der Waals surface area contributed by atoms with E-state index >= 15 is 0 Å². The van der Waals surface area contributed by atoms with Crippen LogP contribution < -0.4 is 5.32 Å². The summed E-state index contributed by atoms with van der Waals surface area (Å²) in [6.45, 7) is 10.1. The van der Waals surface area contributed by atoms with Gasteiger partial charge in [0.1, 0.15) is 0 Å². The van der Waals surface area contributed by atoms with Crippen molar-refractivity contribution < 1.29 is 9.26 Å².